The number of ketones is 1. The molecule has 0 radical (unpaired) electrons. The molecule has 2 rings (SSSR count). The van der Waals surface area contributed by atoms with Gasteiger partial charge in [-0.3, -0.25) is 14.4 Å². The molecule has 1 aromatic carbocycles. The Bertz CT molecular complexity index is 955. The predicted molar refractivity (Wildman–Crippen MR) is 120 cm³/mol. The summed E-state index contributed by atoms with van der Waals surface area (Å²) in [5.41, 5.74) is 1.98. The second-order valence-electron chi connectivity index (χ2n) is 6.30. The minimum atomic E-state index is -0.460. The number of aryl methyl sites for hydroxylation is 2. The van der Waals surface area contributed by atoms with Crippen LogP contribution in [0.25, 0.3) is 0 Å². The summed E-state index contributed by atoms with van der Waals surface area (Å²) in [5, 5.41) is 12.5. The molecule has 0 unspecified atom stereocenters. The normalized spacial score (nSPS) is 10.2. The van der Waals surface area contributed by atoms with Crippen molar-refractivity contribution in [2.45, 2.75) is 33.6 Å². The van der Waals surface area contributed by atoms with Crippen molar-refractivity contribution in [3.05, 3.63) is 58.0 Å². The Morgan fingerprint density at radius 3 is 2.39 bits per heavy atom. The van der Waals surface area contributed by atoms with Gasteiger partial charge in [-0.15, -0.1) is 11.3 Å². The first-order chi connectivity index (χ1) is 14.9. The molecular weight excluding hydrogens is 416 g/mol. The zero-order valence-corrected chi connectivity index (χ0v) is 18.9. The van der Waals surface area contributed by atoms with E-state index in [1.807, 2.05) is 37.3 Å². The molecule has 0 bridgehead atoms. The van der Waals surface area contributed by atoms with E-state index in [0.717, 1.165) is 23.3 Å². The number of Topliss-reactive ketones (excluding diaryl/α,β-unsaturated/α-hetero) is 1. The van der Waals surface area contributed by atoms with E-state index in [2.05, 4.69) is 10.1 Å². The maximum absolute atomic E-state index is 12.3. The molecule has 0 aliphatic heterocycles. The van der Waals surface area contributed by atoms with Crippen LogP contribution in [0, 0.1) is 18.3 Å². The molecule has 0 fully saturated rings. The van der Waals surface area contributed by atoms with Crippen LogP contribution in [0.15, 0.2) is 42.0 Å². The van der Waals surface area contributed by atoms with Gasteiger partial charge < -0.3 is 14.8 Å². The Morgan fingerprint density at radius 1 is 1.26 bits per heavy atom. The summed E-state index contributed by atoms with van der Waals surface area (Å²) in [5.74, 6) is 0.291. The predicted octanol–water partition coefficient (Wildman–Crippen LogP) is 4.47. The van der Waals surface area contributed by atoms with Crippen molar-refractivity contribution < 1.29 is 23.9 Å². The van der Waals surface area contributed by atoms with Crippen molar-refractivity contribution in [3.8, 4) is 11.8 Å². The number of amides is 1. The van der Waals surface area contributed by atoms with Gasteiger partial charge in [0.15, 0.2) is 5.78 Å². The minimum absolute atomic E-state index is 0.0384. The Hall–Kier alpha value is -3.44. The molecule has 8 heteroatoms. The average Bonchev–Trinajstić information content (AvgIpc) is 3.13. The molecule has 0 spiro atoms. The summed E-state index contributed by atoms with van der Waals surface area (Å²) in [6, 6.07) is 11.3. The molecule has 7 nitrogen and oxygen atoms in total. The number of carbonyl (C=O) groups excluding carboxylic acids is 3. The van der Waals surface area contributed by atoms with Crippen LogP contribution in [0.4, 0.5) is 5.00 Å². The molecule has 0 saturated carbocycles. The van der Waals surface area contributed by atoms with Gasteiger partial charge in [0.1, 0.15) is 17.4 Å². The highest BCUT2D eigenvalue weighted by Gasteiger charge is 2.14. The number of carbonyl (C=O) groups is 3. The molecule has 0 saturated heterocycles. The fourth-order valence-electron chi connectivity index (χ4n) is 2.50. The first-order valence-electron chi connectivity index (χ1n) is 9.57. The van der Waals surface area contributed by atoms with Gasteiger partial charge in [0, 0.05) is 0 Å². The van der Waals surface area contributed by atoms with Gasteiger partial charge in [0.25, 0.3) is 12.4 Å². The molecule has 2 aromatic rings. The van der Waals surface area contributed by atoms with E-state index >= 15 is 0 Å². The van der Waals surface area contributed by atoms with Gasteiger partial charge in [-0.25, -0.2) is 0 Å². The number of hydrogen-bond acceptors (Lipinski definition) is 7. The van der Waals surface area contributed by atoms with Gasteiger partial charge in [-0.2, -0.15) is 5.26 Å². The van der Waals surface area contributed by atoms with Crippen LogP contribution in [0.5, 0.6) is 5.75 Å². The van der Waals surface area contributed by atoms with E-state index in [4.69, 9.17) is 4.74 Å². The van der Waals surface area contributed by atoms with E-state index in [9.17, 15) is 19.6 Å². The zero-order chi connectivity index (χ0) is 23.2. The molecule has 1 N–H and O–H groups in total. The fraction of sp³-hybridized carbons (Fsp3) is 0.304. The molecule has 1 heterocycles. The Morgan fingerprint density at radius 2 is 1.94 bits per heavy atom. The molecule has 31 heavy (non-hydrogen) atoms. The van der Waals surface area contributed by atoms with Crippen LogP contribution < -0.4 is 10.1 Å². The highest BCUT2D eigenvalue weighted by Crippen LogP contribution is 2.27. The number of rotatable bonds is 9. The number of nitrogens with one attached hydrogen (secondary N) is 1. The number of ether oxygens (including phenoxy) is 2. The topological polar surface area (TPSA) is 105 Å². The molecule has 0 aliphatic rings. The van der Waals surface area contributed by atoms with Crippen LogP contribution >= 0.6 is 11.3 Å². The fourth-order valence-corrected chi connectivity index (χ4v) is 3.47. The largest absolute Gasteiger partial charge is 0.497 e. The molecule has 1 amide bonds. The number of nitrogens with zero attached hydrogens (tertiary/aromatic N) is 1. The highest BCUT2D eigenvalue weighted by atomic mass is 32.1. The van der Waals surface area contributed by atoms with E-state index < -0.39 is 5.91 Å². The first-order valence-corrected chi connectivity index (χ1v) is 10.4. The van der Waals surface area contributed by atoms with Crippen molar-refractivity contribution >= 4 is 34.5 Å². The van der Waals surface area contributed by atoms with E-state index in [1.165, 1.54) is 18.3 Å². The Kier molecular flexibility index (Phi) is 11.3. The van der Waals surface area contributed by atoms with Gasteiger partial charge in [-0.05, 0) is 62.9 Å². The maximum atomic E-state index is 12.3. The molecule has 164 valence electrons. The second kappa shape index (κ2) is 13.7. The first kappa shape index (κ1) is 25.6. The lowest BCUT2D eigenvalue weighted by molar-refractivity contribution is -0.128. The molecule has 1 aromatic heterocycles. The van der Waals surface area contributed by atoms with Crippen LogP contribution in [0.2, 0.25) is 0 Å². The summed E-state index contributed by atoms with van der Waals surface area (Å²) >= 11 is 1.22. The van der Waals surface area contributed by atoms with Gasteiger partial charge in [0.05, 0.1) is 23.6 Å². The third-order valence-electron chi connectivity index (χ3n) is 4.01. The summed E-state index contributed by atoms with van der Waals surface area (Å²) < 4.78 is 9.27. The summed E-state index contributed by atoms with van der Waals surface area (Å²) in [4.78, 5) is 33.6. The SMILES string of the molecule is CCOC=O.COc1ccc(CC/C=C(\C#N)C(=O)Nc2cc(C)c(C(C)=O)s2)cc1. The quantitative estimate of drug-likeness (QED) is 0.266. The third-order valence-corrected chi connectivity index (χ3v) is 5.27. The molecule has 0 atom stereocenters. The third kappa shape index (κ3) is 8.84. The van der Waals surface area contributed by atoms with Crippen molar-refractivity contribution in [3.63, 3.8) is 0 Å². The van der Waals surface area contributed by atoms with Crippen LogP contribution in [0.3, 0.4) is 0 Å². The maximum Gasteiger partial charge on any atom is 0.293 e. The number of allylic oxidation sites excluding steroid dienone is 1. The minimum Gasteiger partial charge on any atom is -0.497 e. The summed E-state index contributed by atoms with van der Waals surface area (Å²) in [7, 11) is 1.62. The Labute approximate surface area is 186 Å². The number of anilines is 1. The van der Waals surface area contributed by atoms with E-state index in [0.29, 0.717) is 29.4 Å². The smallest absolute Gasteiger partial charge is 0.293 e. The number of thiophene rings is 1. The van der Waals surface area contributed by atoms with Gasteiger partial charge in [0.2, 0.25) is 0 Å². The molecule has 0 aliphatic carbocycles. The van der Waals surface area contributed by atoms with Crippen molar-refractivity contribution in [1.82, 2.24) is 0 Å². The number of methoxy groups -OCH3 is 1. The lowest BCUT2D eigenvalue weighted by Gasteiger charge is -2.03. The average molecular weight is 443 g/mol. The number of benzene rings is 1. The standard InChI is InChI=1S/C20H20N2O3S.C3H6O2/c1-13-11-18(26-19(13)14(2)23)22-20(24)16(12-21)6-4-5-15-7-9-17(25-3)10-8-15;1-2-5-3-4/h6-11H,4-5H2,1-3H3,(H,22,24);3H,2H2,1H3/b16-6+;. The van der Waals surface area contributed by atoms with Crippen LogP contribution in [-0.2, 0) is 20.7 Å². The van der Waals surface area contributed by atoms with Crippen molar-refractivity contribution in [2.24, 2.45) is 0 Å². The summed E-state index contributed by atoms with van der Waals surface area (Å²) in [6.07, 6.45) is 2.92. The monoisotopic (exact) mass is 442 g/mol. The van der Waals surface area contributed by atoms with Crippen molar-refractivity contribution in [2.75, 3.05) is 19.0 Å². The highest BCUT2D eigenvalue weighted by molar-refractivity contribution is 7.18. The van der Waals surface area contributed by atoms with Gasteiger partial charge in [-0.1, -0.05) is 18.2 Å². The van der Waals surface area contributed by atoms with Crippen molar-refractivity contribution in [1.29, 1.82) is 5.26 Å². The van der Waals surface area contributed by atoms with E-state index in [1.54, 1.807) is 26.2 Å². The van der Waals surface area contributed by atoms with E-state index in [-0.39, 0.29) is 11.4 Å². The van der Waals surface area contributed by atoms with Gasteiger partial charge >= 0.3 is 0 Å². The Balaban J connectivity index is 0.000000861. The van der Waals surface area contributed by atoms with Crippen LogP contribution in [0.1, 0.15) is 41.1 Å². The second-order valence-corrected chi connectivity index (χ2v) is 7.35. The number of nitriles is 1. The number of hydrogen-bond donors (Lipinski definition) is 1. The molecular formula is C23H26N2O5S. The van der Waals surface area contributed by atoms with Crippen LogP contribution in [-0.4, -0.2) is 31.9 Å². The lowest BCUT2D eigenvalue weighted by atomic mass is 10.1. The lowest BCUT2D eigenvalue weighted by Crippen LogP contribution is -2.12. The summed E-state index contributed by atoms with van der Waals surface area (Å²) in [6.45, 7) is 5.97. The zero-order valence-electron chi connectivity index (χ0n) is 18.1.